The van der Waals surface area contributed by atoms with Crippen molar-refractivity contribution < 1.29 is 24.2 Å². The lowest BCUT2D eigenvalue weighted by Gasteiger charge is -2.17. The molecule has 0 aromatic heterocycles. The molecule has 2 aromatic rings. The molecule has 0 bridgehead atoms. The highest BCUT2D eigenvalue weighted by molar-refractivity contribution is 8.15. The third kappa shape index (κ3) is 5.40. The minimum Gasteiger partial charge on any atom is -0.497 e. The Labute approximate surface area is 194 Å². The van der Waals surface area contributed by atoms with E-state index in [9.17, 15) is 14.4 Å². The third-order valence-corrected chi connectivity index (χ3v) is 6.38. The van der Waals surface area contributed by atoms with Crippen LogP contribution in [0.3, 0.4) is 0 Å². The van der Waals surface area contributed by atoms with E-state index in [1.54, 1.807) is 7.11 Å². The summed E-state index contributed by atoms with van der Waals surface area (Å²) in [6.07, 6.45) is 2.65. The summed E-state index contributed by atoms with van der Waals surface area (Å²) in [6.45, 7) is 0. The summed E-state index contributed by atoms with van der Waals surface area (Å²) in [6, 6.07) is 11.7. The van der Waals surface area contributed by atoms with Crippen LogP contribution < -0.4 is 15.4 Å². The zero-order valence-electron chi connectivity index (χ0n) is 17.8. The maximum absolute atomic E-state index is 12.3. The number of amides is 2. The molecule has 1 saturated heterocycles. The molecule has 1 fully saturated rings. The number of anilines is 1. The zero-order valence-corrected chi connectivity index (χ0v) is 18.6. The number of hydrogen-bond acceptors (Lipinski definition) is 7. The van der Waals surface area contributed by atoms with Crippen LogP contribution in [-0.4, -0.2) is 46.1 Å². The van der Waals surface area contributed by atoms with E-state index < -0.39 is 11.2 Å². The molecule has 1 unspecified atom stereocenters. The number of aryl methyl sites for hydroxylation is 1. The first-order valence-corrected chi connectivity index (χ1v) is 11.2. The Morgan fingerprint density at radius 3 is 2.70 bits per heavy atom. The lowest BCUT2D eigenvalue weighted by atomic mass is 9.90. The number of ether oxygens (including phenoxy) is 1. The number of nitrogens with zero attached hydrogens (tertiary/aromatic N) is 2. The largest absolute Gasteiger partial charge is 0.497 e. The zero-order chi connectivity index (χ0) is 23.4. The van der Waals surface area contributed by atoms with Crippen molar-refractivity contribution in [2.24, 2.45) is 10.2 Å². The SMILES string of the molecule is COc1ccc2c(c1)CCC/C2=N\N=C1\NC(=O)C(CC(=O)Nc2ccc(C(=O)O)cc2)S1. The quantitative estimate of drug-likeness (QED) is 0.561. The second-order valence-electron chi connectivity index (χ2n) is 7.56. The Balaban J connectivity index is 1.38. The molecular formula is C23H22N4O5S. The van der Waals surface area contributed by atoms with E-state index >= 15 is 0 Å². The summed E-state index contributed by atoms with van der Waals surface area (Å²) in [7, 11) is 1.64. The van der Waals surface area contributed by atoms with Gasteiger partial charge >= 0.3 is 5.97 Å². The summed E-state index contributed by atoms with van der Waals surface area (Å²) >= 11 is 1.16. The van der Waals surface area contributed by atoms with Gasteiger partial charge in [-0.15, -0.1) is 5.10 Å². The molecule has 2 amide bonds. The van der Waals surface area contributed by atoms with Gasteiger partial charge in [0, 0.05) is 17.7 Å². The number of fused-ring (bicyclic) bond motifs is 1. The standard InChI is InChI=1S/C23H22N4O5S/c1-32-16-9-10-17-14(11-16)3-2-4-18(17)26-27-23-25-21(29)19(33-23)12-20(28)24-15-7-5-13(6-8-15)22(30)31/h5-11,19H,2-4,12H2,1H3,(H,24,28)(H,30,31)(H,25,27,29)/b26-18+. The van der Waals surface area contributed by atoms with Gasteiger partial charge in [-0.2, -0.15) is 5.10 Å². The van der Waals surface area contributed by atoms with Crippen molar-refractivity contribution >= 4 is 46.1 Å². The fraction of sp³-hybridized carbons (Fsp3) is 0.261. The third-order valence-electron chi connectivity index (χ3n) is 5.31. The Morgan fingerprint density at radius 2 is 1.97 bits per heavy atom. The molecule has 9 nitrogen and oxygen atoms in total. The van der Waals surface area contributed by atoms with E-state index in [0.29, 0.717) is 10.9 Å². The van der Waals surface area contributed by atoms with E-state index in [1.807, 2.05) is 18.2 Å². The molecule has 1 heterocycles. The molecule has 0 radical (unpaired) electrons. The number of benzene rings is 2. The van der Waals surface area contributed by atoms with Crippen LogP contribution in [0.5, 0.6) is 5.75 Å². The number of carboxylic acids is 1. The summed E-state index contributed by atoms with van der Waals surface area (Å²) in [5.41, 5.74) is 3.63. The molecule has 0 spiro atoms. The first-order chi connectivity index (χ1) is 15.9. The fourth-order valence-electron chi connectivity index (χ4n) is 3.64. The number of aromatic carboxylic acids is 1. The van der Waals surface area contributed by atoms with Crippen LogP contribution in [0.15, 0.2) is 52.7 Å². The second kappa shape index (κ2) is 9.86. The van der Waals surface area contributed by atoms with Crippen molar-refractivity contribution in [1.29, 1.82) is 0 Å². The molecule has 3 N–H and O–H groups in total. The maximum Gasteiger partial charge on any atom is 0.335 e. The van der Waals surface area contributed by atoms with Gasteiger partial charge in [0.1, 0.15) is 11.0 Å². The topological polar surface area (TPSA) is 129 Å². The van der Waals surface area contributed by atoms with Gasteiger partial charge in [0.15, 0.2) is 5.17 Å². The van der Waals surface area contributed by atoms with E-state index in [0.717, 1.165) is 53.6 Å². The van der Waals surface area contributed by atoms with E-state index in [2.05, 4.69) is 20.8 Å². The minimum atomic E-state index is -1.04. The second-order valence-corrected chi connectivity index (χ2v) is 8.75. The predicted molar refractivity (Wildman–Crippen MR) is 126 cm³/mol. The van der Waals surface area contributed by atoms with E-state index in [4.69, 9.17) is 9.84 Å². The fourth-order valence-corrected chi connectivity index (χ4v) is 4.56. The van der Waals surface area contributed by atoms with Gasteiger partial charge in [-0.1, -0.05) is 11.8 Å². The molecule has 10 heteroatoms. The van der Waals surface area contributed by atoms with Gasteiger partial charge in [0.2, 0.25) is 11.8 Å². The molecule has 0 saturated carbocycles. The number of carboxylic acid groups (broad SMARTS) is 1. The highest BCUT2D eigenvalue weighted by Gasteiger charge is 2.32. The maximum atomic E-state index is 12.3. The van der Waals surface area contributed by atoms with Gasteiger partial charge in [-0.25, -0.2) is 4.79 Å². The van der Waals surface area contributed by atoms with Crippen molar-refractivity contribution in [3.05, 3.63) is 59.2 Å². The highest BCUT2D eigenvalue weighted by Crippen LogP contribution is 2.27. The number of rotatable bonds is 6. The van der Waals surface area contributed by atoms with Crippen molar-refractivity contribution in [2.75, 3.05) is 12.4 Å². The van der Waals surface area contributed by atoms with E-state index in [1.165, 1.54) is 24.3 Å². The monoisotopic (exact) mass is 466 g/mol. The first-order valence-electron chi connectivity index (χ1n) is 10.4. The van der Waals surface area contributed by atoms with Crippen LogP contribution in [0.4, 0.5) is 5.69 Å². The molecule has 33 heavy (non-hydrogen) atoms. The van der Waals surface area contributed by atoms with Crippen LogP contribution >= 0.6 is 11.8 Å². The predicted octanol–water partition coefficient (Wildman–Crippen LogP) is 3.05. The Bertz CT molecular complexity index is 1160. The van der Waals surface area contributed by atoms with Gasteiger partial charge in [0.05, 0.1) is 18.4 Å². The number of nitrogens with one attached hydrogen (secondary N) is 2. The highest BCUT2D eigenvalue weighted by atomic mass is 32.2. The molecule has 2 aliphatic rings. The summed E-state index contributed by atoms with van der Waals surface area (Å²) in [4.78, 5) is 35.5. The number of thioether (sulfide) groups is 1. The molecular weight excluding hydrogens is 444 g/mol. The van der Waals surface area contributed by atoms with Crippen LogP contribution in [0.2, 0.25) is 0 Å². The smallest absolute Gasteiger partial charge is 0.335 e. The van der Waals surface area contributed by atoms with Crippen molar-refractivity contribution in [1.82, 2.24) is 5.32 Å². The number of methoxy groups -OCH3 is 1. The minimum absolute atomic E-state index is 0.0462. The van der Waals surface area contributed by atoms with Crippen LogP contribution in [0.1, 0.15) is 40.7 Å². The van der Waals surface area contributed by atoms with Gasteiger partial charge < -0.3 is 20.5 Å². The van der Waals surface area contributed by atoms with Crippen molar-refractivity contribution in [2.45, 2.75) is 30.9 Å². The molecule has 1 aliphatic carbocycles. The van der Waals surface area contributed by atoms with Crippen LogP contribution in [0, 0.1) is 0 Å². The normalized spacial score (nSPS) is 19.8. The summed E-state index contributed by atoms with van der Waals surface area (Å²) in [5.74, 6) is -0.893. The Kier molecular flexibility index (Phi) is 6.74. The average molecular weight is 467 g/mol. The molecule has 1 aliphatic heterocycles. The van der Waals surface area contributed by atoms with Gasteiger partial charge in [-0.05, 0) is 67.3 Å². The molecule has 2 aromatic carbocycles. The lowest BCUT2D eigenvalue weighted by molar-refractivity contribution is -0.122. The first kappa shape index (κ1) is 22.5. The van der Waals surface area contributed by atoms with Crippen LogP contribution in [0.25, 0.3) is 0 Å². The molecule has 170 valence electrons. The number of carbonyl (C=O) groups is 3. The number of hydrogen-bond donors (Lipinski definition) is 3. The van der Waals surface area contributed by atoms with Crippen molar-refractivity contribution in [3.8, 4) is 5.75 Å². The lowest BCUT2D eigenvalue weighted by Crippen LogP contribution is -2.28. The van der Waals surface area contributed by atoms with Crippen molar-refractivity contribution in [3.63, 3.8) is 0 Å². The molecule has 4 rings (SSSR count). The van der Waals surface area contributed by atoms with Gasteiger partial charge in [-0.3, -0.25) is 9.59 Å². The van der Waals surface area contributed by atoms with E-state index in [-0.39, 0.29) is 23.8 Å². The van der Waals surface area contributed by atoms with Gasteiger partial charge in [0.25, 0.3) is 0 Å². The summed E-state index contributed by atoms with van der Waals surface area (Å²) in [5, 5.41) is 22.6. The van der Waals surface area contributed by atoms with Crippen LogP contribution in [-0.2, 0) is 16.0 Å². The molecule has 1 atom stereocenters. The number of amidine groups is 1. The Morgan fingerprint density at radius 1 is 1.18 bits per heavy atom. The Hall–Kier alpha value is -3.66. The number of carbonyl (C=O) groups excluding carboxylic acids is 2. The summed E-state index contributed by atoms with van der Waals surface area (Å²) < 4.78 is 5.29. The average Bonchev–Trinajstić information content (AvgIpc) is 3.16.